The first-order valence-corrected chi connectivity index (χ1v) is 14.9. The van der Waals surface area contributed by atoms with Gasteiger partial charge in [0.25, 0.3) is 0 Å². The Hall–Kier alpha value is -3.83. The maximum atomic E-state index is 13.2. The van der Waals surface area contributed by atoms with Crippen LogP contribution in [0.1, 0.15) is 61.4 Å². The first-order chi connectivity index (χ1) is 19.7. The molecule has 4 rings (SSSR count). The smallest absolute Gasteiger partial charge is 0.228 e. The van der Waals surface area contributed by atoms with Crippen LogP contribution in [0.25, 0.3) is 5.70 Å². The van der Waals surface area contributed by atoms with E-state index in [1.54, 1.807) is 0 Å². The second kappa shape index (κ2) is 14.2. The molecule has 5 nitrogen and oxygen atoms in total. The standard InChI is InChI=1S/C36H46N4O/c1-6-7-10-27(3)29(5)36(37)34-24-32(16-15-28(34)4)38-35(41)23-30-11-8-9-12-31(30)25-39-19-21-40(22-20-39)33-17-13-26(2)14-18-33/h8-18,24H,6-7,19-23,25,37H2,1-5H3,(H,38,41)/b27-10+,36-29+. The van der Waals surface area contributed by atoms with Crippen LogP contribution in [0.2, 0.25) is 0 Å². The van der Waals surface area contributed by atoms with Crippen molar-refractivity contribution in [3.8, 4) is 0 Å². The quantitative estimate of drug-likeness (QED) is 0.261. The number of carbonyl (C=O) groups excluding carboxylic acids is 1. The van der Waals surface area contributed by atoms with E-state index in [2.05, 4.69) is 98.3 Å². The summed E-state index contributed by atoms with van der Waals surface area (Å²) in [5.74, 6) is -0.0188. The molecule has 3 aromatic carbocycles. The van der Waals surface area contributed by atoms with E-state index in [-0.39, 0.29) is 5.91 Å². The molecule has 1 amide bonds. The van der Waals surface area contributed by atoms with Crippen molar-refractivity contribution in [3.05, 3.63) is 112 Å². The van der Waals surface area contributed by atoms with Crippen LogP contribution >= 0.6 is 0 Å². The molecule has 1 fully saturated rings. The zero-order valence-electron chi connectivity index (χ0n) is 25.5. The van der Waals surface area contributed by atoms with Crippen LogP contribution in [0, 0.1) is 13.8 Å². The van der Waals surface area contributed by atoms with Gasteiger partial charge in [0.15, 0.2) is 0 Å². The Labute approximate surface area is 246 Å². The Morgan fingerprint density at radius 2 is 1.61 bits per heavy atom. The Bertz CT molecular complexity index is 1400. The summed E-state index contributed by atoms with van der Waals surface area (Å²) in [4.78, 5) is 18.1. The van der Waals surface area contributed by atoms with Crippen LogP contribution in [0.3, 0.4) is 0 Å². The van der Waals surface area contributed by atoms with Crippen molar-refractivity contribution in [1.82, 2.24) is 4.90 Å². The van der Waals surface area contributed by atoms with E-state index in [1.807, 2.05) is 24.3 Å². The third-order valence-corrected chi connectivity index (χ3v) is 8.18. The molecule has 0 bridgehead atoms. The summed E-state index contributed by atoms with van der Waals surface area (Å²) in [5, 5.41) is 3.12. The number of allylic oxidation sites excluding steroid dienone is 3. The van der Waals surface area contributed by atoms with Crippen molar-refractivity contribution in [3.63, 3.8) is 0 Å². The molecule has 3 aromatic rings. The molecule has 1 heterocycles. The molecular weight excluding hydrogens is 504 g/mol. The first-order valence-electron chi connectivity index (χ1n) is 14.9. The Morgan fingerprint density at radius 3 is 2.29 bits per heavy atom. The number of carbonyl (C=O) groups is 1. The Morgan fingerprint density at radius 1 is 0.927 bits per heavy atom. The zero-order chi connectivity index (χ0) is 29.4. The van der Waals surface area contributed by atoms with Gasteiger partial charge >= 0.3 is 0 Å². The average molecular weight is 551 g/mol. The van der Waals surface area contributed by atoms with E-state index in [9.17, 15) is 4.79 Å². The van der Waals surface area contributed by atoms with Gasteiger partial charge in [-0.1, -0.05) is 73.0 Å². The van der Waals surface area contributed by atoms with Crippen molar-refractivity contribution in [2.24, 2.45) is 5.73 Å². The Kier molecular flexibility index (Phi) is 10.4. The minimum absolute atomic E-state index is 0.0188. The van der Waals surface area contributed by atoms with Crippen LogP contribution in [-0.2, 0) is 17.8 Å². The molecule has 0 spiro atoms. The number of aryl methyl sites for hydroxylation is 2. The van der Waals surface area contributed by atoms with E-state index >= 15 is 0 Å². The van der Waals surface area contributed by atoms with Gasteiger partial charge in [0.1, 0.15) is 0 Å². The maximum absolute atomic E-state index is 13.2. The second-order valence-electron chi connectivity index (χ2n) is 11.3. The molecule has 1 aliphatic heterocycles. The van der Waals surface area contributed by atoms with Gasteiger partial charge in [0.2, 0.25) is 5.91 Å². The zero-order valence-corrected chi connectivity index (χ0v) is 25.5. The van der Waals surface area contributed by atoms with Gasteiger partial charge in [0, 0.05) is 55.4 Å². The molecule has 0 unspecified atom stereocenters. The molecule has 41 heavy (non-hydrogen) atoms. The van der Waals surface area contributed by atoms with Crippen molar-refractivity contribution < 1.29 is 4.79 Å². The highest BCUT2D eigenvalue weighted by Gasteiger charge is 2.19. The lowest BCUT2D eigenvalue weighted by Gasteiger charge is -2.36. The normalized spacial score (nSPS) is 15.0. The second-order valence-corrected chi connectivity index (χ2v) is 11.3. The van der Waals surface area contributed by atoms with Gasteiger partial charge < -0.3 is 16.0 Å². The topological polar surface area (TPSA) is 61.6 Å². The fourth-order valence-electron chi connectivity index (χ4n) is 5.34. The van der Waals surface area contributed by atoms with Crippen molar-refractivity contribution >= 4 is 23.0 Å². The number of anilines is 2. The van der Waals surface area contributed by atoms with Crippen LogP contribution in [0.5, 0.6) is 0 Å². The summed E-state index contributed by atoms with van der Waals surface area (Å²) < 4.78 is 0. The van der Waals surface area contributed by atoms with E-state index in [4.69, 9.17) is 5.73 Å². The summed E-state index contributed by atoms with van der Waals surface area (Å²) in [5.41, 5.74) is 17.4. The third kappa shape index (κ3) is 8.11. The minimum Gasteiger partial charge on any atom is -0.398 e. The van der Waals surface area contributed by atoms with Gasteiger partial charge in [0.05, 0.1) is 6.42 Å². The molecule has 0 saturated carbocycles. The highest BCUT2D eigenvalue weighted by molar-refractivity contribution is 5.93. The molecule has 0 radical (unpaired) electrons. The molecular formula is C36H46N4O. The van der Waals surface area contributed by atoms with Gasteiger partial charge in [-0.15, -0.1) is 0 Å². The lowest BCUT2D eigenvalue weighted by atomic mass is 9.97. The fraction of sp³-hybridized carbons (Fsp3) is 0.361. The number of nitrogens with zero attached hydrogens (tertiary/aromatic N) is 2. The van der Waals surface area contributed by atoms with Crippen molar-refractivity contribution in [2.75, 3.05) is 36.4 Å². The minimum atomic E-state index is -0.0188. The van der Waals surface area contributed by atoms with Crippen LogP contribution < -0.4 is 16.0 Å². The highest BCUT2D eigenvalue weighted by Crippen LogP contribution is 2.26. The summed E-state index contributed by atoms with van der Waals surface area (Å²) in [7, 11) is 0. The molecule has 0 aliphatic carbocycles. The average Bonchev–Trinajstić information content (AvgIpc) is 2.98. The number of unbranched alkanes of at least 4 members (excludes halogenated alkanes) is 1. The summed E-state index contributed by atoms with van der Waals surface area (Å²) >= 11 is 0. The number of benzene rings is 3. The first kappa shape index (κ1) is 30.1. The lowest BCUT2D eigenvalue weighted by molar-refractivity contribution is -0.115. The monoisotopic (exact) mass is 550 g/mol. The number of amides is 1. The van der Waals surface area contributed by atoms with E-state index in [0.717, 1.165) is 79.2 Å². The number of rotatable bonds is 10. The third-order valence-electron chi connectivity index (χ3n) is 8.18. The van der Waals surface area contributed by atoms with Crippen LogP contribution in [0.4, 0.5) is 11.4 Å². The van der Waals surface area contributed by atoms with Crippen molar-refractivity contribution in [1.29, 1.82) is 0 Å². The summed E-state index contributed by atoms with van der Waals surface area (Å²) in [6.07, 6.45) is 4.73. The van der Waals surface area contributed by atoms with Crippen LogP contribution in [-0.4, -0.2) is 37.0 Å². The molecule has 5 heteroatoms. The summed E-state index contributed by atoms with van der Waals surface area (Å²) in [6, 6.07) is 23.1. The maximum Gasteiger partial charge on any atom is 0.228 e. The molecule has 0 aromatic heterocycles. The number of piperazine rings is 1. The van der Waals surface area contributed by atoms with Gasteiger partial charge in [-0.3, -0.25) is 9.69 Å². The molecule has 1 aliphatic rings. The van der Waals surface area contributed by atoms with E-state index in [1.165, 1.54) is 22.4 Å². The molecule has 3 N–H and O–H groups in total. The lowest BCUT2D eigenvalue weighted by Crippen LogP contribution is -2.46. The number of nitrogens with two attached hydrogens (primary N) is 1. The van der Waals surface area contributed by atoms with Gasteiger partial charge in [-0.05, 0) is 80.6 Å². The van der Waals surface area contributed by atoms with E-state index < -0.39 is 0 Å². The molecule has 0 atom stereocenters. The SMILES string of the molecule is CCC/C=C(C)/C(C)=C(/N)c1cc(NC(=O)Cc2ccccc2CN2CCN(c3ccc(C)cc3)CC2)ccc1C. The van der Waals surface area contributed by atoms with Gasteiger partial charge in [-0.2, -0.15) is 0 Å². The number of hydrogen-bond donors (Lipinski definition) is 2. The fourth-order valence-corrected chi connectivity index (χ4v) is 5.34. The molecule has 216 valence electrons. The van der Waals surface area contributed by atoms with Gasteiger partial charge in [-0.25, -0.2) is 0 Å². The summed E-state index contributed by atoms with van der Waals surface area (Å²) in [6.45, 7) is 15.4. The number of hydrogen-bond acceptors (Lipinski definition) is 4. The van der Waals surface area contributed by atoms with Crippen molar-refractivity contribution in [2.45, 2.75) is 60.4 Å². The largest absolute Gasteiger partial charge is 0.398 e. The van der Waals surface area contributed by atoms with E-state index in [0.29, 0.717) is 6.42 Å². The molecule has 1 saturated heterocycles. The predicted molar refractivity (Wildman–Crippen MR) is 174 cm³/mol. The Balaban J connectivity index is 1.39. The predicted octanol–water partition coefficient (Wildman–Crippen LogP) is 7.24. The van der Waals surface area contributed by atoms with Crippen LogP contribution in [0.15, 0.2) is 84.0 Å². The highest BCUT2D eigenvalue weighted by atomic mass is 16.1. The number of nitrogens with one attached hydrogen (secondary N) is 1.